The van der Waals surface area contributed by atoms with Gasteiger partial charge in [0.2, 0.25) is 0 Å². The Labute approximate surface area is 95.1 Å². The Hall–Kier alpha value is -0.920. The van der Waals surface area contributed by atoms with Gasteiger partial charge in [-0.3, -0.25) is 0 Å². The van der Waals surface area contributed by atoms with Crippen molar-refractivity contribution in [2.24, 2.45) is 0 Å². The quantitative estimate of drug-likeness (QED) is 0.754. The van der Waals surface area contributed by atoms with Crippen LogP contribution < -0.4 is 5.32 Å². The second-order valence-corrected chi connectivity index (χ2v) is 6.01. The maximum absolute atomic E-state index is 12.2. The zero-order chi connectivity index (χ0) is 11.8. The second kappa shape index (κ2) is 4.15. The van der Waals surface area contributed by atoms with E-state index in [1.54, 1.807) is 0 Å². The van der Waals surface area contributed by atoms with E-state index >= 15 is 0 Å². The molecule has 0 amide bonds. The molecule has 1 aliphatic rings. The highest BCUT2D eigenvalue weighted by Crippen LogP contribution is 2.18. The molecule has 0 spiro atoms. The second-order valence-electron chi connectivity index (χ2n) is 4.15. The average molecular weight is 244 g/mol. The Kier molecular flexibility index (Phi) is 3.00. The summed E-state index contributed by atoms with van der Waals surface area (Å²) in [6, 6.07) is 0.137. The molecule has 0 bridgehead atoms. The molecule has 6 nitrogen and oxygen atoms in total. The van der Waals surface area contributed by atoms with Crippen molar-refractivity contribution in [3.63, 3.8) is 0 Å². The molecule has 2 unspecified atom stereocenters. The Balaban J connectivity index is 2.29. The van der Waals surface area contributed by atoms with E-state index in [9.17, 15) is 8.42 Å². The van der Waals surface area contributed by atoms with Crippen LogP contribution in [0.3, 0.4) is 0 Å². The molecular formula is C9H16N4O2S. The minimum atomic E-state index is -3.43. The van der Waals surface area contributed by atoms with E-state index in [4.69, 9.17) is 0 Å². The molecule has 90 valence electrons. The zero-order valence-corrected chi connectivity index (χ0v) is 10.2. The minimum Gasteiger partial charge on any atom is -0.335 e. The Morgan fingerprint density at radius 3 is 2.88 bits per heavy atom. The number of nitrogens with zero attached hydrogens (tertiary/aromatic N) is 2. The van der Waals surface area contributed by atoms with Crippen LogP contribution in [0.5, 0.6) is 0 Å². The minimum absolute atomic E-state index is 0.0375. The van der Waals surface area contributed by atoms with Gasteiger partial charge >= 0.3 is 0 Å². The van der Waals surface area contributed by atoms with Crippen LogP contribution in [0.1, 0.15) is 13.8 Å². The van der Waals surface area contributed by atoms with E-state index < -0.39 is 10.0 Å². The van der Waals surface area contributed by atoms with Gasteiger partial charge in [-0.15, -0.1) is 0 Å². The van der Waals surface area contributed by atoms with Crippen molar-refractivity contribution in [3.05, 3.63) is 12.5 Å². The van der Waals surface area contributed by atoms with E-state index in [1.807, 2.05) is 13.8 Å². The van der Waals surface area contributed by atoms with Gasteiger partial charge in [0, 0.05) is 25.2 Å². The zero-order valence-electron chi connectivity index (χ0n) is 9.34. The van der Waals surface area contributed by atoms with Crippen LogP contribution in [-0.4, -0.2) is 47.9 Å². The monoisotopic (exact) mass is 244 g/mol. The standard InChI is InChI=1S/C9H16N4O2S/c1-7-5-13(8(2)3-11-7)16(14,15)9-4-10-6-12-9/h4,6-8,11H,3,5H2,1-2H3,(H,10,12). The maximum atomic E-state index is 12.2. The van der Waals surface area contributed by atoms with Crippen LogP contribution >= 0.6 is 0 Å². The summed E-state index contributed by atoms with van der Waals surface area (Å²) in [5.41, 5.74) is 0. The first kappa shape index (κ1) is 11.6. The van der Waals surface area contributed by atoms with Crippen LogP contribution in [0.25, 0.3) is 0 Å². The van der Waals surface area contributed by atoms with Gasteiger partial charge in [-0.2, -0.15) is 4.31 Å². The predicted molar refractivity (Wildman–Crippen MR) is 59.4 cm³/mol. The Morgan fingerprint density at radius 1 is 1.50 bits per heavy atom. The lowest BCUT2D eigenvalue weighted by Gasteiger charge is -2.35. The van der Waals surface area contributed by atoms with Gasteiger partial charge in [0.1, 0.15) is 0 Å². The Bertz CT molecular complexity index is 442. The molecule has 2 rings (SSSR count). The molecule has 1 aliphatic heterocycles. The smallest absolute Gasteiger partial charge is 0.260 e. The highest BCUT2D eigenvalue weighted by Gasteiger charge is 2.33. The number of sulfonamides is 1. The molecule has 0 radical (unpaired) electrons. The molecule has 2 N–H and O–H groups in total. The predicted octanol–water partition coefficient (Wildman–Crippen LogP) is -0.219. The highest BCUT2D eigenvalue weighted by molar-refractivity contribution is 7.89. The summed E-state index contributed by atoms with van der Waals surface area (Å²) in [4.78, 5) is 6.40. The fourth-order valence-corrected chi connectivity index (χ4v) is 3.45. The SMILES string of the molecule is CC1CN(S(=O)(=O)c2cnc[nH]2)C(C)CN1. The van der Waals surface area contributed by atoms with Crippen molar-refractivity contribution >= 4 is 10.0 Å². The van der Waals surface area contributed by atoms with Gasteiger partial charge in [-0.25, -0.2) is 13.4 Å². The molecular weight excluding hydrogens is 228 g/mol. The van der Waals surface area contributed by atoms with E-state index in [0.717, 1.165) is 0 Å². The van der Waals surface area contributed by atoms with Crippen LogP contribution in [-0.2, 0) is 10.0 Å². The number of piperazine rings is 1. The first-order chi connectivity index (χ1) is 7.51. The number of aromatic amines is 1. The van der Waals surface area contributed by atoms with Crippen LogP contribution in [0.4, 0.5) is 0 Å². The van der Waals surface area contributed by atoms with Gasteiger partial charge in [0.25, 0.3) is 10.0 Å². The lowest BCUT2D eigenvalue weighted by Crippen LogP contribution is -2.56. The third-order valence-electron chi connectivity index (χ3n) is 2.77. The average Bonchev–Trinajstić information content (AvgIpc) is 2.75. The normalized spacial score (nSPS) is 28.1. The summed E-state index contributed by atoms with van der Waals surface area (Å²) in [5, 5.41) is 3.41. The number of nitrogens with one attached hydrogen (secondary N) is 2. The lowest BCUT2D eigenvalue weighted by molar-refractivity contribution is 0.244. The summed E-state index contributed by atoms with van der Waals surface area (Å²) in [5.74, 6) is 0. The van der Waals surface area contributed by atoms with Gasteiger partial charge in [0.05, 0.1) is 12.5 Å². The number of hydrogen-bond donors (Lipinski definition) is 2. The number of aromatic nitrogens is 2. The molecule has 1 aromatic heterocycles. The van der Waals surface area contributed by atoms with E-state index in [0.29, 0.717) is 13.1 Å². The van der Waals surface area contributed by atoms with Crippen molar-refractivity contribution in [3.8, 4) is 0 Å². The highest BCUT2D eigenvalue weighted by atomic mass is 32.2. The van der Waals surface area contributed by atoms with Crippen molar-refractivity contribution in [1.29, 1.82) is 0 Å². The summed E-state index contributed by atoms with van der Waals surface area (Å²) in [7, 11) is -3.43. The number of rotatable bonds is 2. The summed E-state index contributed by atoms with van der Waals surface area (Å²) in [6.45, 7) is 5.03. The first-order valence-corrected chi connectivity index (χ1v) is 6.69. The number of H-pyrrole nitrogens is 1. The van der Waals surface area contributed by atoms with Crippen LogP contribution in [0, 0.1) is 0 Å². The van der Waals surface area contributed by atoms with E-state index in [2.05, 4.69) is 15.3 Å². The number of hydrogen-bond acceptors (Lipinski definition) is 4. The van der Waals surface area contributed by atoms with Crippen molar-refractivity contribution in [2.75, 3.05) is 13.1 Å². The number of imidazole rings is 1. The van der Waals surface area contributed by atoms with Crippen LogP contribution in [0.15, 0.2) is 17.6 Å². The molecule has 1 fully saturated rings. The van der Waals surface area contributed by atoms with E-state index in [1.165, 1.54) is 16.8 Å². The summed E-state index contributed by atoms with van der Waals surface area (Å²) >= 11 is 0. The van der Waals surface area contributed by atoms with Gasteiger partial charge in [-0.05, 0) is 13.8 Å². The molecule has 0 saturated carbocycles. The summed E-state index contributed by atoms with van der Waals surface area (Å²) in [6.07, 6.45) is 2.72. The lowest BCUT2D eigenvalue weighted by atomic mass is 10.2. The largest absolute Gasteiger partial charge is 0.335 e. The Morgan fingerprint density at radius 2 is 2.25 bits per heavy atom. The molecule has 16 heavy (non-hydrogen) atoms. The van der Waals surface area contributed by atoms with Gasteiger partial charge in [0.15, 0.2) is 5.03 Å². The van der Waals surface area contributed by atoms with Gasteiger partial charge < -0.3 is 10.3 Å². The third-order valence-corrected chi connectivity index (χ3v) is 4.67. The van der Waals surface area contributed by atoms with Crippen molar-refractivity contribution in [1.82, 2.24) is 19.6 Å². The van der Waals surface area contributed by atoms with Crippen LogP contribution in [0.2, 0.25) is 0 Å². The topological polar surface area (TPSA) is 78.1 Å². The maximum Gasteiger partial charge on any atom is 0.260 e. The molecule has 0 aromatic carbocycles. The van der Waals surface area contributed by atoms with E-state index in [-0.39, 0.29) is 17.1 Å². The third kappa shape index (κ3) is 1.98. The molecule has 2 heterocycles. The fraction of sp³-hybridized carbons (Fsp3) is 0.667. The molecule has 7 heteroatoms. The first-order valence-electron chi connectivity index (χ1n) is 5.25. The fourth-order valence-electron chi connectivity index (χ4n) is 1.83. The van der Waals surface area contributed by atoms with Crippen molar-refractivity contribution in [2.45, 2.75) is 31.0 Å². The molecule has 0 aliphatic carbocycles. The van der Waals surface area contributed by atoms with Gasteiger partial charge in [-0.1, -0.05) is 0 Å². The molecule has 2 atom stereocenters. The molecule has 1 saturated heterocycles. The molecule has 1 aromatic rings. The summed E-state index contributed by atoms with van der Waals surface area (Å²) < 4.78 is 26.0. The van der Waals surface area contributed by atoms with Crippen molar-refractivity contribution < 1.29 is 8.42 Å².